The van der Waals surface area contributed by atoms with Gasteiger partial charge in [0.2, 0.25) is 5.91 Å². The van der Waals surface area contributed by atoms with Gasteiger partial charge < -0.3 is 5.32 Å². The van der Waals surface area contributed by atoms with Gasteiger partial charge in [-0.3, -0.25) is 4.79 Å². The smallest absolute Gasteiger partial charge is 0.235 e. The molecule has 1 atom stereocenters. The average molecular weight is 363 g/mol. The molecule has 0 fully saturated rings. The fourth-order valence-electron chi connectivity index (χ4n) is 2.56. The Morgan fingerprint density at radius 2 is 1.76 bits per heavy atom. The number of aryl methyl sites for hydroxylation is 2. The van der Waals surface area contributed by atoms with Gasteiger partial charge in [0, 0.05) is 0 Å². The minimum atomic E-state index is -3.58. The third-order valence-corrected chi connectivity index (χ3v) is 5.43. The molecule has 0 aromatic heterocycles. The van der Waals surface area contributed by atoms with E-state index in [-0.39, 0.29) is 11.6 Å². The van der Waals surface area contributed by atoms with Crippen LogP contribution in [-0.4, -0.2) is 20.1 Å². The Kier molecular flexibility index (Phi) is 5.95. The number of carbonyl (C=O) groups excluding carboxylic acids is 1. The van der Waals surface area contributed by atoms with Crippen molar-refractivity contribution in [3.8, 4) is 0 Å². The number of rotatable bonds is 6. The third-order valence-electron chi connectivity index (χ3n) is 3.98. The van der Waals surface area contributed by atoms with E-state index in [1.54, 1.807) is 19.1 Å². The molecule has 0 spiro atoms. The van der Waals surface area contributed by atoms with E-state index in [1.165, 1.54) is 12.1 Å². The van der Waals surface area contributed by atoms with Gasteiger partial charge in [-0.15, -0.1) is 0 Å². The predicted octanol–water partition coefficient (Wildman–Crippen LogP) is 3.23. The number of hydrogen-bond donors (Lipinski definition) is 1. The van der Waals surface area contributed by atoms with E-state index in [0.717, 1.165) is 11.1 Å². The van der Waals surface area contributed by atoms with Crippen molar-refractivity contribution in [2.24, 2.45) is 0 Å². The molecule has 0 bridgehead atoms. The second kappa shape index (κ2) is 7.78. The molecule has 1 amide bonds. The van der Waals surface area contributed by atoms with Gasteiger partial charge in [0.25, 0.3) is 0 Å². The fourth-order valence-corrected chi connectivity index (χ4v) is 3.93. The molecular formula is C19H22FNO3S. The molecule has 0 aliphatic rings. The average Bonchev–Trinajstić information content (AvgIpc) is 2.50. The van der Waals surface area contributed by atoms with Gasteiger partial charge in [-0.2, -0.15) is 0 Å². The van der Waals surface area contributed by atoms with Crippen LogP contribution in [0.15, 0.2) is 42.5 Å². The van der Waals surface area contributed by atoms with E-state index in [2.05, 4.69) is 5.32 Å². The highest BCUT2D eigenvalue weighted by Crippen LogP contribution is 2.16. The van der Waals surface area contributed by atoms with Gasteiger partial charge in [0.05, 0.1) is 11.8 Å². The molecule has 0 saturated heterocycles. The number of amides is 1. The topological polar surface area (TPSA) is 63.2 Å². The highest BCUT2D eigenvalue weighted by atomic mass is 32.2. The van der Waals surface area contributed by atoms with Crippen LogP contribution in [0.2, 0.25) is 0 Å². The van der Waals surface area contributed by atoms with Crippen LogP contribution in [0.3, 0.4) is 0 Å². The first-order valence-corrected chi connectivity index (χ1v) is 9.80. The molecule has 0 aliphatic heterocycles. The molecule has 0 saturated carbocycles. The molecule has 25 heavy (non-hydrogen) atoms. The van der Waals surface area contributed by atoms with Crippen molar-refractivity contribution in [2.45, 2.75) is 32.6 Å². The maximum atomic E-state index is 12.9. The minimum Gasteiger partial charge on any atom is -0.349 e. The first-order valence-electron chi connectivity index (χ1n) is 7.97. The summed E-state index contributed by atoms with van der Waals surface area (Å²) in [5, 5.41) is 2.64. The van der Waals surface area contributed by atoms with Crippen molar-refractivity contribution in [2.75, 3.05) is 5.75 Å². The number of benzene rings is 2. The van der Waals surface area contributed by atoms with Crippen LogP contribution >= 0.6 is 0 Å². The van der Waals surface area contributed by atoms with Crippen molar-refractivity contribution in [3.63, 3.8) is 0 Å². The molecular weight excluding hydrogens is 341 g/mol. The molecule has 6 heteroatoms. The molecule has 1 unspecified atom stereocenters. The second-order valence-corrected chi connectivity index (χ2v) is 8.37. The Bertz CT molecular complexity index is 861. The SMILES string of the molecule is Cc1ccc(C)c(CS(=O)(=O)CC(=O)NC(C)c2ccc(F)cc2)c1. The summed E-state index contributed by atoms with van der Waals surface area (Å²) >= 11 is 0. The first kappa shape index (κ1) is 19.1. The highest BCUT2D eigenvalue weighted by molar-refractivity contribution is 7.91. The van der Waals surface area contributed by atoms with Crippen molar-refractivity contribution in [1.82, 2.24) is 5.32 Å². The summed E-state index contributed by atoms with van der Waals surface area (Å²) < 4.78 is 37.6. The molecule has 0 radical (unpaired) electrons. The van der Waals surface area contributed by atoms with Gasteiger partial charge >= 0.3 is 0 Å². The summed E-state index contributed by atoms with van der Waals surface area (Å²) in [6, 6.07) is 10.9. The van der Waals surface area contributed by atoms with Crippen LogP contribution in [0.4, 0.5) is 4.39 Å². The van der Waals surface area contributed by atoms with Crippen LogP contribution in [0.5, 0.6) is 0 Å². The number of nitrogens with one attached hydrogen (secondary N) is 1. The molecule has 2 aromatic rings. The lowest BCUT2D eigenvalue weighted by Gasteiger charge is -2.15. The lowest BCUT2D eigenvalue weighted by atomic mass is 10.1. The normalized spacial score (nSPS) is 12.6. The largest absolute Gasteiger partial charge is 0.349 e. The Morgan fingerprint density at radius 1 is 1.12 bits per heavy atom. The Hall–Kier alpha value is -2.21. The highest BCUT2D eigenvalue weighted by Gasteiger charge is 2.20. The molecule has 2 rings (SSSR count). The van der Waals surface area contributed by atoms with E-state index in [4.69, 9.17) is 0 Å². The Labute approximate surface area is 148 Å². The zero-order valence-electron chi connectivity index (χ0n) is 14.5. The van der Waals surface area contributed by atoms with Crippen molar-refractivity contribution in [1.29, 1.82) is 0 Å². The maximum Gasteiger partial charge on any atom is 0.235 e. The van der Waals surface area contributed by atoms with Gasteiger partial charge in [-0.1, -0.05) is 35.9 Å². The van der Waals surface area contributed by atoms with Gasteiger partial charge in [0.15, 0.2) is 9.84 Å². The Balaban J connectivity index is 2.00. The van der Waals surface area contributed by atoms with Crippen LogP contribution in [0, 0.1) is 19.7 Å². The lowest BCUT2D eigenvalue weighted by Crippen LogP contribution is -2.32. The van der Waals surface area contributed by atoms with Gasteiger partial charge in [0.1, 0.15) is 11.6 Å². The zero-order chi connectivity index (χ0) is 18.6. The van der Waals surface area contributed by atoms with Crippen molar-refractivity contribution >= 4 is 15.7 Å². The second-order valence-electron chi connectivity index (χ2n) is 6.30. The maximum absolute atomic E-state index is 12.9. The Morgan fingerprint density at radius 3 is 2.40 bits per heavy atom. The summed E-state index contributed by atoms with van der Waals surface area (Å²) in [7, 11) is -3.58. The summed E-state index contributed by atoms with van der Waals surface area (Å²) in [5.41, 5.74) is 3.28. The summed E-state index contributed by atoms with van der Waals surface area (Å²) in [5.74, 6) is -1.68. The fraction of sp³-hybridized carbons (Fsp3) is 0.316. The minimum absolute atomic E-state index is 0.168. The summed E-state index contributed by atoms with van der Waals surface area (Å²) in [6.45, 7) is 5.47. The van der Waals surface area contributed by atoms with Crippen molar-refractivity contribution < 1.29 is 17.6 Å². The van der Waals surface area contributed by atoms with E-state index in [1.807, 2.05) is 32.0 Å². The number of hydrogen-bond acceptors (Lipinski definition) is 3. The van der Waals surface area contributed by atoms with Crippen LogP contribution in [-0.2, 0) is 20.4 Å². The molecule has 1 N–H and O–H groups in total. The monoisotopic (exact) mass is 363 g/mol. The first-order chi connectivity index (χ1) is 11.7. The molecule has 134 valence electrons. The zero-order valence-corrected chi connectivity index (χ0v) is 15.4. The summed E-state index contributed by atoms with van der Waals surface area (Å²) in [6.07, 6.45) is 0. The van der Waals surface area contributed by atoms with Gasteiger partial charge in [-0.25, -0.2) is 12.8 Å². The standard InChI is InChI=1S/C19H22FNO3S/c1-13-4-5-14(2)17(10-13)11-25(23,24)12-19(22)21-15(3)16-6-8-18(20)9-7-16/h4-10,15H,11-12H2,1-3H3,(H,21,22). The summed E-state index contributed by atoms with van der Waals surface area (Å²) in [4.78, 5) is 12.1. The number of sulfone groups is 1. The van der Waals surface area contributed by atoms with E-state index >= 15 is 0 Å². The van der Waals surface area contributed by atoms with Crippen LogP contribution < -0.4 is 5.32 Å². The van der Waals surface area contributed by atoms with Gasteiger partial charge in [-0.05, 0) is 49.6 Å². The number of carbonyl (C=O) groups is 1. The van der Waals surface area contributed by atoms with Crippen molar-refractivity contribution in [3.05, 3.63) is 70.5 Å². The van der Waals surface area contributed by atoms with Crippen LogP contribution in [0.1, 0.15) is 35.2 Å². The molecule has 2 aromatic carbocycles. The lowest BCUT2D eigenvalue weighted by molar-refractivity contribution is -0.119. The van der Waals surface area contributed by atoms with E-state index < -0.39 is 27.5 Å². The third kappa shape index (κ3) is 5.67. The molecule has 4 nitrogen and oxygen atoms in total. The molecule has 0 heterocycles. The predicted molar refractivity (Wildman–Crippen MR) is 96.4 cm³/mol. The number of halogens is 1. The van der Waals surface area contributed by atoms with Crippen LogP contribution in [0.25, 0.3) is 0 Å². The molecule has 0 aliphatic carbocycles. The van der Waals surface area contributed by atoms with E-state index in [0.29, 0.717) is 11.1 Å². The van der Waals surface area contributed by atoms with E-state index in [9.17, 15) is 17.6 Å². The quantitative estimate of drug-likeness (QED) is 0.857.